The van der Waals surface area contributed by atoms with Crippen molar-refractivity contribution in [2.24, 2.45) is 0 Å². The first-order valence-corrected chi connectivity index (χ1v) is 15.0. The Morgan fingerprint density at radius 1 is 0.513 bits per heavy atom. The van der Waals surface area contributed by atoms with Crippen molar-refractivity contribution >= 4 is 30.2 Å². The summed E-state index contributed by atoms with van der Waals surface area (Å²) in [4.78, 5) is 62.6. The van der Waals surface area contributed by atoms with Crippen molar-refractivity contribution in [3.05, 3.63) is 0 Å². The average molecular weight is 557 g/mol. The lowest BCUT2D eigenvalue weighted by Crippen LogP contribution is -2.51. The van der Waals surface area contributed by atoms with E-state index in [2.05, 4.69) is 0 Å². The molecule has 4 atom stereocenters. The van der Waals surface area contributed by atoms with Gasteiger partial charge in [-0.25, -0.2) is 0 Å². The van der Waals surface area contributed by atoms with Crippen molar-refractivity contribution in [1.82, 2.24) is 0 Å². The van der Waals surface area contributed by atoms with Crippen molar-refractivity contribution in [2.45, 2.75) is 162 Å². The summed E-state index contributed by atoms with van der Waals surface area (Å²) in [7, 11) is 0. The quantitative estimate of drug-likeness (QED) is 0.0594. The average Bonchev–Trinajstić information content (AvgIpc) is 2.90. The van der Waals surface area contributed by atoms with Gasteiger partial charge in [-0.05, 0) is 32.6 Å². The van der Waals surface area contributed by atoms with Crippen LogP contribution in [-0.4, -0.2) is 54.6 Å². The maximum atomic E-state index is 12.7. The third kappa shape index (κ3) is 17.7. The summed E-state index contributed by atoms with van der Waals surface area (Å²) >= 11 is 0. The number of esters is 4. The largest absolute Gasteiger partial charge is 0.459 e. The zero-order valence-corrected chi connectivity index (χ0v) is 24.9. The maximum absolute atomic E-state index is 12.7. The maximum Gasteiger partial charge on any atom is 0.306 e. The summed E-state index contributed by atoms with van der Waals surface area (Å²) in [5.74, 6) is -2.30. The molecule has 0 amide bonds. The summed E-state index contributed by atoms with van der Waals surface area (Å²) in [6, 6.07) is 0. The molecule has 0 spiro atoms. The molecule has 0 aromatic heterocycles. The number of aldehydes is 1. The molecule has 0 aliphatic heterocycles. The molecule has 0 N–H and O–H groups in total. The zero-order valence-electron chi connectivity index (χ0n) is 24.9. The van der Waals surface area contributed by atoms with Crippen LogP contribution in [0.3, 0.4) is 0 Å². The van der Waals surface area contributed by atoms with Crippen molar-refractivity contribution in [2.75, 3.05) is 0 Å². The molecule has 0 bridgehead atoms. The van der Waals surface area contributed by atoms with Crippen LogP contribution in [0.15, 0.2) is 0 Å². The number of hydrogen-bond donors (Lipinski definition) is 0. The van der Waals surface area contributed by atoms with Crippen LogP contribution in [0.2, 0.25) is 0 Å². The Labute approximate surface area is 235 Å². The first kappa shape index (κ1) is 36.5. The van der Waals surface area contributed by atoms with Gasteiger partial charge in [-0.1, -0.05) is 79.1 Å². The van der Waals surface area contributed by atoms with Crippen LogP contribution in [0.5, 0.6) is 0 Å². The lowest BCUT2D eigenvalue weighted by atomic mass is 10.0. The molecule has 0 fully saturated rings. The van der Waals surface area contributed by atoms with Gasteiger partial charge >= 0.3 is 23.9 Å². The van der Waals surface area contributed by atoms with E-state index in [0.29, 0.717) is 32.0 Å². The van der Waals surface area contributed by atoms with Gasteiger partial charge in [0.25, 0.3) is 0 Å². The normalized spacial score (nSPS) is 14.0. The smallest absolute Gasteiger partial charge is 0.306 e. The molecule has 0 heterocycles. The van der Waals surface area contributed by atoms with Gasteiger partial charge in [-0.15, -0.1) is 0 Å². The minimum absolute atomic E-state index is 0.0860. The van der Waals surface area contributed by atoms with Crippen LogP contribution in [-0.2, 0) is 42.9 Å². The molecule has 0 saturated heterocycles. The van der Waals surface area contributed by atoms with Crippen LogP contribution in [0.25, 0.3) is 0 Å². The van der Waals surface area contributed by atoms with Gasteiger partial charge in [0.15, 0.2) is 24.6 Å². The Balaban J connectivity index is 6.00. The van der Waals surface area contributed by atoms with E-state index >= 15 is 0 Å². The molecule has 0 saturated carbocycles. The molecule has 39 heavy (non-hydrogen) atoms. The second-order valence-electron chi connectivity index (χ2n) is 10.0. The molecule has 0 unspecified atom stereocenters. The van der Waals surface area contributed by atoms with E-state index in [4.69, 9.17) is 18.9 Å². The van der Waals surface area contributed by atoms with Crippen LogP contribution in [0.1, 0.15) is 137 Å². The van der Waals surface area contributed by atoms with E-state index in [1.54, 1.807) is 0 Å². The van der Waals surface area contributed by atoms with Gasteiger partial charge in [0, 0.05) is 25.7 Å². The Kier molecular flexibility index (Phi) is 22.0. The predicted molar refractivity (Wildman–Crippen MR) is 148 cm³/mol. The van der Waals surface area contributed by atoms with Crippen molar-refractivity contribution in [3.8, 4) is 0 Å². The third-order valence-corrected chi connectivity index (χ3v) is 6.30. The summed E-state index contributed by atoms with van der Waals surface area (Å²) in [5, 5.41) is 0. The highest BCUT2D eigenvalue weighted by Crippen LogP contribution is 2.21. The highest BCUT2D eigenvalue weighted by atomic mass is 16.6. The molecule has 9 nitrogen and oxygen atoms in total. The predicted octanol–water partition coefficient (Wildman–Crippen LogP) is 6.17. The Morgan fingerprint density at radius 3 is 1.21 bits per heavy atom. The fraction of sp³-hybridized carbons (Fsp3) is 0.833. The van der Waals surface area contributed by atoms with Crippen molar-refractivity contribution in [3.63, 3.8) is 0 Å². The van der Waals surface area contributed by atoms with Crippen LogP contribution in [0, 0.1) is 0 Å². The second kappa shape index (κ2) is 23.4. The lowest BCUT2D eigenvalue weighted by molar-refractivity contribution is -0.198. The Bertz CT molecular complexity index is 707. The highest BCUT2D eigenvalue weighted by Gasteiger charge is 2.42. The minimum atomic E-state index is -1.52. The topological polar surface area (TPSA) is 122 Å². The molecule has 0 aliphatic rings. The van der Waals surface area contributed by atoms with E-state index in [1.807, 2.05) is 27.7 Å². The van der Waals surface area contributed by atoms with Gasteiger partial charge in [-0.2, -0.15) is 0 Å². The van der Waals surface area contributed by atoms with E-state index in [1.165, 1.54) is 6.92 Å². The molecular weight excluding hydrogens is 504 g/mol. The Morgan fingerprint density at radius 2 is 0.846 bits per heavy atom. The second-order valence-corrected chi connectivity index (χ2v) is 10.0. The summed E-state index contributed by atoms with van der Waals surface area (Å²) < 4.78 is 22.3. The lowest BCUT2D eigenvalue weighted by Gasteiger charge is -2.33. The van der Waals surface area contributed by atoms with Gasteiger partial charge in [0.1, 0.15) is 6.10 Å². The number of ether oxygens (including phenoxy) is 4. The van der Waals surface area contributed by atoms with Gasteiger partial charge < -0.3 is 18.9 Å². The highest BCUT2D eigenvalue weighted by molar-refractivity contribution is 5.75. The number of rotatable bonds is 24. The van der Waals surface area contributed by atoms with E-state index in [-0.39, 0.29) is 25.7 Å². The first-order valence-electron chi connectivity index (χ1n) is 15.0. The molecule has 0 rings (SSSR count). The van der Waals surface area contributed by atoms with Crippen molar-refractivity contribution < 1.29 is 42.9 Å². The number of carbonyl (C=O) groups excluding carboxylic acids is 5. The minimum Gasteiger partial charge on any atom is -0.459 e. The van der Waals surface area contributed by atoms with Crippen molar-refractivity contribution in [1.29, 1.82) is 0 Å². The molecule has 0 radical (unpaired) electrons. The first-order chi connectivity index (χ1) is 18.7. The van der Waals surface area contributed by atoms with E-state index in [9.17, 15) is 24.0 Å². The van der Waals surface area contributed by atoms with E-state index < -0.39 is 48.3 Å². The van der Waals surface area contributed by atoms with E-state index in [0.717, 1.165) is 51.4 Å². The van der Waals surface area contributed by atoms with Crippen LogP contribution < -0.4 is 0 Å². The van der Waals surface area contributed by atoms with Crippen LogP contribution in [0.4, 0.5) is 0 Å². The molecule has 0 aromatic rings. The number of hydrogen-bond acceptors (Lipinski definition) is 9. The summed E-state index contributed by atoms with van der Waals surface area (Å²) in [5.41, 5.74) is 0. The Hall–Kier alpha value is -2.45. The molecule has 0 aromatic carbocycles. The number of carbonyl (C=O) groups is 5. The molecule has 226 valence electrons. The molecule has 0 aliphatic carbocycles. The monoisotopic (exact) mass is 556 g/mol. The third-order valence-electron chi connectivity index (χ3n) is 6.30. The molecular formula is C30H52O9. The fourth-order valence-electron chi connectivity index (χ4n) is 3.97. The van der Waals surface area contributed by atoms with Gasteiger partial charge in [0.2, 0.25) is 0 Å². The SMILES string of the molecule is CCCCCC(=O)O[C@H]([C@H](OC(=O)CCCCC)[C@H](C=O)OC(=O)CCCCC)[C@@H](C)OC(=O)CCCCC. The zero-order chi connectivity index (χ0) is 29.5. The molecule has 9 heteroatoms. The number of unbranched alkanes of at least 4 members (excludes halogenated alkanes) is 8. The summed E-state index contributed by atoms with van der Waals surface area (Å²) in [6.07, 6.45) is 4.83. The van der Waals surface area contributed by atoms with Gasteiger partial charge in [0.05, 0.1) is 0 Å². The van der Waals surface area contributed by atoms with Gasteiger partial charge in [-0.3, -0.25) is 24.0 Å². The standard InChI is InChI=1S/C30H52O9/c1-6-10-14-18-25(32)36-23(5)29(38-27(34)20-16-12-8-3)30(39-28(35)21-17-13-9-4)24(22-31)37-26(33)19-15-11-7-2/h22-24,29-30H,6-21H2,1-5H3/t23-,24+,29+,30-/m1/s1. The fourth-order valence-corrected chi connectivity index (χ4v) is 3.97. The summed E-state index contributed by atoms with van der Waals surface area (Å²) in [6.45, 7) is 9.54. The van der Waals surface area contributed by atoms with Crippen LogP contribution >= 0.6 is 0 Å².